The molecule has 1 saturated heterocycles. The molecule has 6 nitrogen and oxygen atoms in total. The molecule has 1 aromatic heterocycles. The van der Waals surface area contributed by atoms with Crippen LogP contribution in [0.4, 0.5) is 0 Å². The Morgan fingerprint density at radius 3 is 3.00 bits per heavy atom. The average Bonchev–Trinajstić information content (AvgIpc) is 3.12. The molecule has 0 aliphatic carbocycles. The highest BCUT2D eigenvalue weighted by Crippen LogP contribution is 2.28. The number of carboxylic acid groups (broad SMARTS) is 1. The predicted molar refractivity (Wildman–Crippen MR) is 82.4 cm³/mol. The molecule has 22 heavy (non-hydrogen) atoms. The van der Waals surface area contributed by atoms with Crippen molar-refractivity contribution in [1.29, 1.82) is 0 Å². The second-order valence-electron chi connectivity index (χ2n) is 5.19. The van der Waals surface area contributed by atoms with Gasteiger partial charge in [-0.05, 0) is 31.5 Å². The molecule has 0 unspecified atom stereocenters. The number of rotatable bonds is 4. The van der Waals surface area contributed by atoms with Gasteiger partial charge in [0.15, 0.2) is 0 Å². The lowest BCUT2D eigenvalue weighted by molar-refractivity contribution is -0.142. The molecule has 2 aromatic rings. The first-order valence-electron chi connectivity index (χ1n) is 6.88. The van der Waals surface area contributed by atoms with E-state index in [1.165, 1.54) is 0 Å². The van der Waals surface area contributed by atoms with Crippen molar-refractivity contribution in [3.8, 4) is 5.69 Å². The van der Waals surface area contributed by atoms with Gasteiger partial charge in [0.25, 0.3) is 0 Å². The molecule has 3 rings (SSSR count). The largest absolute Gasteiger partial charge is 0.480 e. The maximum atomic E-state index is 11.2. The van der Waals surface area contributed by atoms with Crippen molar-refractivity contribution in [2.45, 2.75) is 25.4 Å². The summed E-state index contributed by atoms with van der Waals surface area (Å²) in [4.78, 5) is 13.1. The van der Waals surface area contributed by atoms with Crippen LogP contribution in [0.5, 0.6) is 0 Å². The van der Waals surface area contributed by atoms with E-state index >= 15 is 0 Å². The van der Waals surface area contributed by atoms with E-state index in [2.05, 4.69) is 10.3 Å². The SMILES string of the molecule is O=C(O)[C@H]1CCCN1Cc1cn(-c2cccc(Cl)c2Cl)nn1. The van der Waals surface area contributed by atoms with Gasteiger partial charge < -0.3 is 5.11 Å². The summed E-state index contributed by atoms with van der Waals surface area (Å²) in [5.74, 6) is -0.789. The Kier molecular flexibility index (Phi) is 4.33. The maximum absolute atomic E-state index is 11.2. The van der Waals surface area contributed by atoms with Crippen molar-refractivity contribution in [2.24, 2.45) is 0 Å². The van der Waals surface area contributed by atoms with Crippen LogP contribution in [0.15, 0.2) is 24.4 Å². The number of aliphatic carboxylic acids is 1. The van der Waals surface area contributed by atoms with Crippen molar-refractivity contribution in [3.63, 3.8) is 0 Å². The molecule has 0 radical (unpaired) electrons. The Morgan fingerprint density at radius 1 is 1.41 bits per heavy atom. The standard InChI is InChI=1S/C14H14Cl2N4O2/c15-10-3-1-4-11(13(10)16)20-8-9(17-18-20)7-19-6-2-5-12(19)14(21)22/h1,3-4,8,12H,2,5-7H2,(H,21,22)/t12-/m1/s1. The lowest BCUT2D eigenvalue weighted by atomic mass is 10.2. The highest BCUT2D eigenvalue weighted by atomic mass is 35.5. The fourth-order valence-electron chi connectivity index (χ4n) is 2.66. The van der Waals surface area contributed by atoms with Crippen molar-refractivity contribution in [1.82, 2.24) is 19.9 Å². The van der Waals surface area contributed by atoms with Crippen molar-refractivity contribution >= 4 is 29.2 Å². The third-order valence-corrected chi connectivity index (χ3v) is 4.54. The van der Waals surface area contributed by atoms with Gasteiger partial charge in [-0.2, -0.15) is 0 Å². The summed E-state index contributed by atoms with van der Waals surface area (Å²) in [6.07, 6.45) is 3.30. The van der Waals surface area contributed by atoms with E-state index in [9.17, 15) is 9.90 Å². The number of carbonyl (C=O) groups is 1. The number of likely N-dealkylation sites (tertiary alicyclic amines) is 1. The second-order valence-corrected chi connectivity index (χ2v) is 5.98. The van der Waals surface area contributed by atoms with Crippen LogP contribution in [-0.4, -0.2) is 43.6 Å². The first kappa shape index (κ1) is 15.3. The minimum Gasteiger partial charge on any atom is -0.480 e. The van der Waals surface area contributed by atoms with Gasteiger partial charge in [0, 0.05) is 6.54 Å². The molecule has 0 bridgehead atoms. The molecular formula is C14H14Cl2N4O2. The van der Waals surface area contributed by atoms with E-state index in [1.807, 2.05) is 4.90 Å². The topological polar surface area (TPSA) is 71.2 Å². The van der Waals surface area contributed by atoms with E-state index in [0.717, 1.165) is 13.0 Å². The van der Waals surface area contributed by atoms with Gasteiger partial charge in [-0.25, -0.2) is 4.68 Å². The molecule has 116 valence electrons. The predicted octanol–water partition coefficient (Wildman–Crippen LogP) is 2.62. The van der Waals surface area contributed by atoms with Crippen LogP contribution in [0.25, 0.3) is 5.69 Å². The zero-order chi connectivity index (χ0) is 15.7. The monoisotopic (exact) mass is 340 g/mol. The highest BCUT2D eigenvalue weighted by Gasteiger charge is 2.30. The summed E-state index contributed by atoms with van der Waals surface area (Å²) in [6, 6.07) is 4.83. The second kappa shape index (κ2) is 6.24. The lowest BCUT2D eigenvalue weighted by Gasteiger charge is -2.19. The summed E-state index contributed by atoms with van der Waals surface area (Å²) in [5.41, 5.74) is 1.34. The molecule has 1 aromatic carbocycles. The number of nitrogens with zero attached hydrogens (tertiary/aromatic N) is 4. The Hall–Kier alpha value is -1.63. The Morgan fingerprint density at radius 2 is 2.23 bits per heavy atom. The molecule has 8 heteroatoms. The number of hydrogen-bond donors (Lipinski definition) is 1. The van der Waals surface area contributed by atoms with Gasteiger partial charge in [0.2, 0.25) is 0 Å². The molecule has 0 spiro atoms. The Labute approximate surface area is 137 Å². The van der Waals surface area contributed by atoms with Crippen LogP contribution in [0.1, 0.15) is 18.5 Å². The summed E-state index contributed by atoms with van der Waals surface area (Å²) in [7, 11) is 0. The number of hydrogen-bond acceptors (Lipinski definition) is 4. The summed E-state index contributed by atoms with van der Waals surface area (Å²) >= 11 is 12.2. The van der Waals surface area contributed by atoms with Crippen LogP contribution >= 0.6 is 23.2 Å². The number of carboxylic acids is 1. The molecule has 2 heterocycles. The van der Waals surface area contributed by atoms with Gasteiger partial charge in [0.1, 0.15) is 6.04 Å². The normalized spacial score (nSPS) is 18.7. The minimum absolute atomic E-state index is 0.408. The van der Waals surface area contributed by atoms with E-state index in [0.29, 0.717) is 34.4 Å². The molecule has 1 fully saturated rings. The van der Waals surface area contributed by atoms with Gasteiger partial charge >= 0.3 is 5.97 Å². The molecule has 1 atom stereocenters. The fourth-order valence-corrected chi connectivity index (χ4v) is 3.04. The zero-order valence-electron chi connectivity index (χ0n) is 11.6. The molecule has 1 aliphatic rings. The molecule has 1 aliphatic heterocycles. The third-order valence-electron chi connectivity index (χ3n) is 3.73. The quantitative estimate of drug-likeness (QED) is 0.926. The molecular weight excluding hydrogens is 327 g/mol. The van der Waals surface area contributed by atoms with Crippen LogP contribution in [0, 0.1) is 0 Å². The first-order chi connectivity index (χ1) is 10.6. The maximum Gasteiger partial charge on any atom is 0.320 e. The van der Waals surface area contributed by atoms with Crippen LogP contribution < -0.4 is 0 Å². The number of halogens is 2. The van der Waals surface area contributed by atoms with Gasteiger partial charge in [-0.15, -0.1) is 5.10 Å². The van der Waals surface area contributed by atoms with Crippen molar-refractivity contribution < 1.29 is 9.90 Å². The first-order valence-corrected chi connectivity index (χ1v) is 7.64. The molecule has 1 N–H and O–H groups in total. The highest BCUT2D eigenvalue weighted by molar-refractivity contribution is 6.43. The molecule has 0 saturated carbocycles. The van der Waals surface area contributed by atoms with Crippen LogP contribution in [-0.2, 0) is 11.3 Å². The fraction of sp³-hybridized carbons (Fsp3) is 0.357. The summed E-state index contributed by atoms with van der Waals surface area (Å²) < 4.78 is 1.55. The third kappa shape index (κ3) is 2.95. The Bertz CT molecular complexity index is 704. The van der Waals surface area contributed by atoms with Crippen molar-refractivity contribution in [3.05, 3.63) is 40.1 Å². The average molecular weight is 341 g/mol. The summed E-state index contributed by atoms with van der Waals surface area (Å²) in [5, 5.41) is 18.2. The van der Waals surface area contributed by atoms with E-state index in [-0.39, 0.29) is 0 Å². The van der Waals surface area contributed by atoms with Crippen LogP contribution in [0.3, 0.4) is 0 Å². The minimum atomic E-state index is -0.789. The van der Waals surface area contributed by atoms with E-state index in [4.69, 9.17) is 23.2 Å². The lowest BCUT2D eigenvalue weighted by Crippen LogP contribution is -2.35. The summed E-state index contributed by atoms with van der Waals surface area (Å²) in [6.45, 7) is 1.21. The van der Waals surface area contributed by atoms with Gasteiger partial charge in [-0.3, -0.25) is 9.69 Å². The van der Waals surface area contributed by atoms with Gasteiger partial charge in [-0.1, -0.05) is 34.5 Å². The van der Waals surface area contributed by atoms with Crippen molar-refractivity contribution in [2.75, 3.05) is 6.54 Å². The smallest absolute Gasteiger partial charge is 0.320 e. The Balaban J connectivity index is 1.79. The number of aromatic nitrogens is 3. The van der Waals surface area contributed by atoms with Gasteiger partial charge in [0.05, 0.1) is 27.6 Å². The van der Waals surface area contributed by atoms with E-state index < -0.39 is 12.0 Å². The zero-order valence-corrected chi connectivity index (χ0v) is 13.1. The number of benzene rings is 1. The van der Waals surface area contributed by atoms with E-state index in [1.54, 1.807) is 29.1 Å². The van der Waals surface area contributed by atoms with Crippen LogP contribution in [0.2, 0.25) is 10.0 Å². The molecule has 0 amide bonds.